The van der Waals surface area contributed by atoms with Crippen LogP contribution in [0.5, 0.6) is 0 Å². The number of hydrogen-bond donors (Lipinski definition) is 1. The molecule has 1 aliphatic heterocycles. The predicted molar refractivity (Wildman–Crippen MR) is 85.4 cm³/mol. The number of benzene rings is 1. The van der Waals surface area contributed by atoms with E-state index in [0.29, 0.717) is 18.2 Å². The van der Waals surface area contributed by atoms with Crippen molar-refractivity contribution in [3.05, 3.63) is 29.8 Å². The van der Waals surface area contributed by atoms with Crippen LogP contribution in [0.3, 0.4) is 0 Å². The second-order valence-electron chi connectivity index (χ2n) is 5.77. The van der Waals surface area contributed by atoms with E-state index in [1.165, 1.54) is 11.3 Å². The summed E-state index contributed by atoms with van der Waals surface area (Å²) in [5, 5.41) is 3.53. The van der Waals surface area contributed by atoms with Crippen LogP contribution < -0.4 is 10.2 Å². The van der Waals surface area contributed by atoms with Gasteiger partial charge < -0.3 is 15.0 Å². The van der Waals surface area contributed by atoms with Crippen LogP contribution in [0.1, 0.15) is 45.7 Å². The highest BCUT2D eigenvalue weighted by Gasteiger charge is 2.22. The smallest absolute Gasteiger partial charge is 0.0726 e. The summed E-state index contributed by atoms with van der Waals surface area (Å²) in [6.07, 6.45) is 1.74. The molecule has 0 spiro atoms. The Morgan fingerprint density at radius 1 is 1.15 bits per heavy atom. The fraction of sp³-hybridized carbons (Fsp3) is 0.647. The van der Waals surface area contributed by atoms with Gasteiger partial charge >= 0.3 is 0 Å². The summed E-state index contributed by atoms with van der Waals surface area (Å²) >= 11 is 0. The monoisotopic (exact) mass is 276 g/mol. The Hall–Kier alpha value is -1.06. The Balaban J connectivity index is 2.07. The third-order valence-electron chi connectivity index (χ3n) is 3.94. The van der Waals surface area contributed by atoms with Gasteiger partial charge in [-0.1, -0.05) is 26.0 Å². The molecular formula is C17H28N2O. The van der Waals surface area contributed by atoms with E-state index in [9.17, 15) is 0 Å². The highest BCUT2D eigenvalue weighted by Crippen LogP contribution is 2.24. The first-order valence-electron chi connectivity index (χ1n) is 7.87. The van der Waals surface area contributed by atoms with Gasteiger partial charge in [-0.3, -0.25) is 0 Å². The first-order chi connectivity index (χ1) is 9.63. The van der Waals surface area contributed by atoms with Crippen molar-refractivity contribution in [2.45, 2.75) is 52.4 Å². The predicted octanol–water partition coefficient (Wildman–Crippen LogP) is 3.36. The van der Waals surface area contributed by atoms with Crippen LogP contribution in [-0.2, 0) is 4.74 Å². The van der Waals surface area contributed by atoms with Crippen molar-refractivity contribution < 1.29 is 4.74 Å². The van der Waals surface area contributed by atoms with E-state index < -0.39 is 0 Å². The molecule has 0 aliphatic carbocycles. The van der Waals surface area contributed by atoms with Crippen molar-refractivity contribution in [3.8, 4) is 0 Å². The summed E-state index contributed by atoms with van der Waals surface area (Å²) in [6.45, 7) is 11.7. The molecule has 1 aliphatic rings. The summed E-state index contributed by atoms with van der Waals surface area (Å²) < 4.78 is 5.80. The number of anilines is 1. The first-order valence-corrected chi connectivity index (χ1v) is 7.87. The number of rotatable bonds is 5. The molecule has 2 rings (SSSR count). The summed E-state index contributed by atoms with van der Waals surface area (Å²) in [5.41, 5.74) is 2.69. The molecule has 112 valence electrons. The molecule has 3 unspecified atom stereocenters. The molecule has 1 aromatic carbocycles. The van der Waals surface area contributed by atoms with Gasteiger partial charge in [0.05, 0.1) is 12.2 Å². The molecule has 0 amide bonds. The molecule has 1 N–H and O–H groups in total. The number of ether oxygens (including phenoxy) is 1. The average molecular weight is 276 g/mol. The summed E-state index contributed by atoms with van der Waals surface area (Å²) in [6, 6.07) is 9.49. The van der Waals surface area contributed by atoms with E-state index in [4.69, 9.17) is 4.74 Å². The van der Waals surface area contributed by atoms with Crippen LogP contribution in [0.15, 0.2) is 24.3 Å². The first kappa shape index (κ1) is 15.3. The normalized spacial score (nSPS) is 24.7. The number of nitrogens with one attached hydrogen (secondary N) is 1. The fourth-order valence-corrected chi connectivity index (χ4v) is 3.05. The van der Waals surface area contributed by atoms with Gasteiger partial charge in [0.2, 0.25) is 0 Å². The van der Waals surface area contributed by atoms with E-state index in [0.717, 1.165) is 26.1 Å². The molecule has 3 heteroatoms. The molecule has 1 aromatic rings. The lowest BCUT2D eigenvalue weighted by Crippen LogP contribution is -2.45. The van der Waals surface area contributed by atoms with Gasteiger partial charge in [-0.25, -0.2) is 0 Å². The standard InChI is InChI=1S/C17H28N2O/c1-5-17(18-6-2)15-7-9-16(10-8-15)19-11-13(3)20-14(4)12-19/h7-10,13-14,17-18H,5-6,11-12H2,1-4H3. The third kappa shape index (κ3) is 3.74. The zero-order valence-corrected chi connectivity index (χ0v) is 13.2. The van der Waals surface area contributed by atoms with Gasteiger partial charge in [0.1, 0.15) is 0 Å². The van der Waals surface area contributed by atoms with Gasteiger partial charge in [0.15, 0.2) is 0 Å². The fourth-order valence-electron chi connectivity index (χ4n) is 3.05. The zero-order chi connectivity index (χ0) is 14.5. The minimum atomic E-state index is 0.309. The van der Waals surface area contributed by atoms with Gasteiger partial charge in [0.25, 0.3) is 0 Å². The summed E-state index contributed by atoms with van der Waals surface area (Å²) in [7, 11) is 0. The van der Waals surface area contributed by atoms with Crippen LogP contribution in [0.25, 0.3) is 0 Å². The summed E-state index contributed by atoms with van der Waals surface area (Å²) in [5.74, 6) is 0. The van der Waals surface area contributed by atoms with Crippen LogP contribution in [0, 0.1) is 0 Å². The number of hydrogen-bond acceptors (Lipinski definition) is 3. The summed E-state index contributed by atoms with van der Waals surface area (Å²) in [4.78, 5) is 2.43. The lowest BCUT2D eigenvalue weighted by molar-refractivity contribution is -0.00521. The number of nitrogens with zero attached hydrogens (tertiary/aromatic N) is 1. The second-order valence-corrected chi connectivity index (χ2v) is 5.77. The molecule has 1 saturated heterocycles. The minimum absolute atomic E-state index is 0.309. The maximum absolute atomic E-state index is 5.80. The largest absolute Gasteiger partial charge is 0.372 e. The molecular weight excluding hydrogens is 248 g/mol. The molecule has 3 atom stereocenters. The van der Waals surface area contributed by atoms with Crippen molar-refractivity contribution in [2.75, 3.05) is 24.5 Å². The number of morpholine rings is 1. The molecule has 1 heterocycles. The molecule has 3 nitrogen and oxygen atoms in total. The highest BCUT2D eigenvalue weighted by atomic mass is 16.5. The quantitative estimate of drug-likeness (QED) is 0.892. The lowest BCUT2D eigenvalue weighted by atomic mass is 10.0. The zero-order valence-electron chi connectivity index (χ0n) is 13.2. The van der Waals surface area contributed by atoms with E-state index in [-0.39, 0.29) is 0 Å². The van der Waals surface area contributed by atoms with Crippen molar-refractivity contribution in [3.63, 3.8) is 0 Å². The minimum Gasteiger partial charge on any atom is -0.372 e. The highest BCUT2D eigenvalue weighted by molar-refractivity contribution is 5.48. The van der Waals surface area contributed by atoms with Gasteiger partial charge in [0, 0.05) is 24.8 Å². The van der Waals surface area contributed by atoms with Crippen molar-refractivity contribution in [1.29, 1.82) is 0 Å². The second kappa shape index (κ2) is 7.09. The van der Waals surface area contributed by atoms with E-state index in [1.807, 2.05) is 0 Å². The lowest BCUT2D eigenvalue weighted by Gasteiger charge is -2.37. The Labute approximate surface area is 123 Å². The Bertz CT molecular complexity index is 394. The van der Waals surface area contributed by atoms with Crippen molar-refractivity contribution >= 4 is 5.69 Å². The SMILES string of the molecule is CCNC(CC)c1ccc(N2CC(C)OC(C)C2)cc1. The molecule has 1 fully saturated rings. The van der Waals surface area contributed by atoms with Gasteiger partial charge in [-0.15, -0.1) is 0 Å². The van der Waals surface area contributed by atoms with Crippen molar-refractivity contribution in [2.24, 2.45) is 0 Å². The third-order valence-corrected chi connectivity index (χ3v) is 3.94. The van der Waals surface area contributed by atoms with Crippen LogP contribution in [0.4, 0.5) is 5.69 Å². The van der Waals surface area contributed by atoms with Crippen molar-refractivity contribution in [1.82, 2.24) is 5.32 Å². The van der Waals surface area contributed by atoms with E-state index in [1.54, 1.807) is 0 Å². The molecule has 0 radical (unpaired) electrons. The van der Waals surface area contributed by atoms with E-state index in [2.05, 4.69) is 62.2 Å². The Kier molecular flexibility index (Phi) is 5.44. The van der Waals surface area contributed by atoms with Crippen LogP contribution in [-0.4, -0.2) is 31.8 Å². The van der Waals surface area contributed by atoms with Gasteiger partial charge in [-0.05, 0) is 44.5 Å². The van der Waals surface area contributed by atoms with Gasteiger partial charge in [-0.2, -0.15) is 0 Å². The maximum atomic E-state index is 5.80. The maximum Gasteiger partial charge on any atom is 0.0726 e. The molecule has 0 bridgehead atoms. The average Bonchev–Trinajstić information content (AvgIpc) is 2.44. The van der Waals surface area contributed by atoms with Crippen LogP contribution in [0.2, 0.25) is 0 Å². The topological polar surface area (TPSA) is 24.5 Å². The van der Waals surface area contributed by atoms with E-state index >= 15 is 0 Å². The Morgan fingerprint density at radius 3 is 2.25 bits per heavy atom. The Morgan fingerprint density at radius 2 is 1.75 bits per heavy atom. The molecule has 0 saturated carbocycles. The molecule has 0 aromatic heterocycles. The van der Waals surface area contributed by atoms with Crippen LogP contribution >= 0.6 is 0 Å². The molecule has 20 heavy (non-hydrogen) atoms.